The van der Waals surface area contributed by atoms with Gasteiger partial charge in [0.1, 0.15) is 0 Å². The van der Waals surface area contributed by atoms with Crippen LogP contribution >= 0.6 is 0 Å². The molecule has 0 spiro atoms. The molecule has 0 amide bonds. The van der Waals surface area contributed by atoms with Gasteiger partial charge in [0.15, 0.2) is 0 Å². The van der Waals surface area contributed by atoms with Crippen molar-refractivity contribution in [2.75, 3.05) is 26.3 Å². The first-order chi connectivity index (χ1) is 6.97. The third-order valence-corrected chi connectivity index (χ3v) is 3.59. The van der Waals surface area contributed by atoms with Crippen molar-refractivity contribution in [3.05, 3.63) is 0 Å². The van der Waals surface area contributed by atoms with E-state index < -0.39 is 0 Å². The molecule has 15 heavy (non-hydrogen) atoms. The molecule has 0 radical (unpaired) electrons. The Hall–Kier alpha value is -0.120. The Kier molecular flexibility index (Phi) is 4.56. The van der Waals surface area contributed by atoms with E-state index in [0.717, 1.165) is 45.6 Å². The molecule has 1 rings (SSSR count). The first kappa shape index (κ1) is 12.9. The first-order valence-electron chi connectivity index (χ1n) is 6.05. The second-order valence-electron chi connectivity index (χ2n) is 5.53. The summed E-state index contributed by atoms with van der Waals surface area (Å²) in [6.45, 7) is 10.4. The van der Waals surface area contributed by atoms with Gasteiger partial charge in [-0.1, -0.05) is 13.8 Å². The van der Waals surface area contributed by atoms with E-state index in [1.54, 1.807) is 0 Å². The molecular formula is C12H26N2O. The largest absolute Gasteiger partial charge is 0.381 e. The van der Waals surface area contributed by atoms with Crippen LogP contribution in [0.4, 0.5) is 0 Å². The van der Waals surface area contributed by atoms with E-state index in [-0.39, 0.29) is 5.54 Å². The lowest BCUT2D eigenvalue weighted by Gasteiger charge is -2.35. The summed E-state index contributed by atoms with van der Waals surface area (Å²) in [5, 5.41) is 3.51. The molecule has 1 saturated heterocycles. The minimum Gasteiger partial charge on any atom is -0.381 e. The summed E-state index contributed by atoms with van der Waals surface area (Å²) < 4.78 is 5.38. The van der Waals surface area contributed by atoms with Gasteiger partial charge < -0.3 is 15.8 Å². The van der Waals surface area contributed by atoms with Crippen molar-refractivity contribution < 1.29 is 4.74 Å². The second kappa shape index (κ2) is 5.28. The van der Waals surface area contributed by atoms with E-state index >= 15 is 0 Å². The summed E-state index contributed by atoms with van der Waals surface area (Å²) in [7, 11) is 0. The van der Waals surface area contributed by atoms with Crippen LogP contribution in [0, 0.1) is 5.41 Å². The topological polar surface area (TPSA) is 47.3 Å². The van der Waals surface area contributed by atoms with Crippen molar-refractivity contribution in [2.45, 2.75) is 45.6 Å². The fraction of sp³-hybridized carbons (Fsp3) is 1.00. The number of hydrogen-bond acceptors (Lipinski definition) is 3. The molecule has 3 N–H and O–H groups in total. The standard InChI is InChI=1S/C12H26N2O/c1-4-12(3,13)10-14-9-11(2)5-7-15-8-6-11/h14H,4-10,13H2,1-3H3. The maximum atomic E-state index is 6.09. The van der Waals surface area contributed by atoms with Crippen molar-refractivity contribution in [3.63, 3.8) is 0 Å². The van der Waals surface area contributed by atoms with Gasteiger partial charge >= 0.3 is 0 Å². The highest BCUT2D eigenvalue weighted by Gasteiger charge is 2.27. The molecule has 1 aliphatic heterocycles. The maximum Gasteiger partial charge on any atom is 0.0471 e. The van der Waals surface area contributed by atoms with E-state index in [4.69, 9.17) is 10.5 Å². The summed E-state index contributed by atoms with van der Waals surface area (Å²) in [4.78, 5) is 0. The number of nitrogens with two attached hydrogens (primary N) is 1. The highest BCUT2D eigenvalue weighted by molar-refractivity contribution is 4.84. The Morgan fingerprint density at radius 3 is 2.53 bits per heavy atom. The molecule has 0 bridgehead atoms. The molecule has 1 fully saturated rings. The number of nitrogens with one attached hydrogen (secondary N) is 1. The van der Waals surface area contributed by atoms with Crippen LogP contribution in [0.1, 0.15) is 40.0 Å². The molecule has 1 atom stereocenters. The van der Waals surface area contributed by atoms with Crippen LogP contribution in [0.3, 0.4) is 0 Å². The predicted molar refractivity (Wildman–Crippen MR) is 63.9 cm³/mol. The zero-order chi connectivity index (χ0) is 11.4. The zero-order valence-corrected chi connectivity index (χ0v) is 10.4. The van der Waals surface area contributed by atoms with Crippen LogP contribution in [0.5, 0.6) is 0 Å². The average Bonchev–Trinajstić information content (AvgIpc) is 2.18. The summed E-state index contributed by atoms with van der Waals surface area (Å²) in [5.41, 5.74) is 6.42. The van der Waals surface area contributed by atoms with Crippen LogP contribution in [0.15, 0.2) is 0 Å². The predicted octanol–water partition coefficient (Wildman–Crippen LogP) is 1.52. The van der Waals surface area contributed by atoms with Crippen molar-refractivity contribution >= 4 is 0 Å². The molecule has 0 aromatic heterocycles. The van der Waals surface area contributed by atoms with Crippen LogP contribution < -0.4 is 11.1 Å². The summed E-state index contributed by atoms with van der Waals surface area (Å²) in [6, 6.07) is 0. The third kappa shape index (κ3) is 4.49. The smallest absolute Gasteiger partial charge is 0.0471 e. The van der Waals surface area contributed by atoms with E-state index in [2.05, 4.69) is 26.1 Å². The maximum absolute atomic E-state index is 6.09. The van der Waals surface area contributed by atoms with E-state index in [9.17, 15) is 0 Å². The molecule has 0 aromatic rings. The molecule has 3 heteroatoms. The Balaban J connectivity index is 2.24. The van der Waals surface area contributed by atoms with E-state index in [1.807, 2.05) is 0 Å². The minimum atomic E-state index is -0.0679. The van der Waals surface area contributed by atoms with Gasteiger partial charge in [-0.3, -0.25) is 0 Å². The highest BCUT2D eigenvalue weighted by Crippen LogP contribution is 2.28. The molecule has 1 heterocycles. The molecule has 0 aromatic carbocycles. The SMILES string of the molecule is CCC(C)(N)CNCC1(C)CCOCC1. The summed E-state index contributed by atoms with van der Waals surface area (Å²) >= 11 is 0. The van der Waals surface area contributed by atoms with Gasteiger partial charge in [0.05, 0.1) is 0 Å². The van der Waals surface area contributed by atoms with Crippen molar-refractivity contribution in [2.24, 2.45) is 11.1 Å². The van der Waals surface area contributed by atoms with Crippen molar-refractivity contribution in [3.8, 4) is 0 Å². The van der Waals surface area contributed by atoms with E-state index in [0.29, 0.717) is 5.41 Å². The van der Waals surface area contributed by atoms with Gasteiger partial charge in [0, 0.05) is 31.8 Å². The lowest BCUT2D eigenvalue weighted by atomic mass is 9.82. The van der Waals surface area contributed by atoms with Gasteiger partial charge in [-0.15, -0.1) is 0 Å². The Labute approximate surface area is 93.8 Å². The lowest BCUT2D eigenvalue weighted by molar-refractivity contribution is 0.0237. The van der Waals surface area contributed by atoms with Crippen molar-refractivity contribution in [1.29, 1.82) is 0 Å². The van der Waals surface area contributed by atoms with Crippen LogP contribution in [0.2, 0.25) is 0 Å². The highest BCUT2D eigenvalue weighted by atomic mass is 16.5. The van der Waals surface area contributed by atoms with Crippen molar-refractivity contribution in [1.82, 2.24) is 5.32 Å². The first-order valence-corrected chi connectivity index (χ1v) is 6.05. The van der Waals surface area contributed by atoms with Gasteiger partial charge in [-0.2, -0.15) is 0 Å². The monoisotopic (exact) mass is 214 g/mol. The molecule has 90 valence electrons. The van der Waals surface area contributed by atoms with Crippen LogP contribution in [-0.4, -0.2) is 31.8 Å². The summed E-state index contributed by atoms with van der Waals surface area (Å²) in [6.07, 6.45) is 3.33. The van der Waals surface area contributed by atoms with Crippen LogP contribution in [-0.2, 0) is 4.74 Å². The van der Waals surface area contributed by atoms with E-state index in [1.165, 1.54) is 0 Å². The van der Waals surface area contributed by atoms with Gasteiger partial charge in [-0.05, 0) is 31.6 Å². The lowest BCUT2D eigenvalue weighted by Crippen LogP contribution is -2.48. The minimum absolute atomic E-state index is 0.0679. The normalized spacial score (nSPS) is 24.8. The number of ether oxygens (including phenoxy) is 1. The fourth-order valence-corrected chi connectivity index (χ4v) is 1.82. The molecule has 3 nitrogen and oxygen atoms in total. The van der Waals surface area contributed by atoms with Gasteiger partial charge in [0.25, 0.3) is 0 Å². The van der Waals surface area contributed by atoms with Gasteiger partial charge in [0.2, 0.25) is 0 Å². The molecule has 0 aliphatic carbocycles. The Bertz CT molecular complexity index is 186. The Morgan fingerprint density at radius 2 is 2.00 bits per heavy atom. The zero-order valence-electron chi connectivity index (χ0n) is 10.4. The Morgan fingerprint density at radius 1 is 1.40 bits per heavy atom. The van der Waals surface area contributed by atoms with Gasteiger partial charge in [-0.25, -0.2) is 0 Å². The number of rotatable bonds is 5. The average molecular weight is 214 g/mol. The second-order valence-corrected chi connectivity index (χ2v) is 5.53. The molecule has 1 aliphatic rings. The third-order valence-electron chi connectivity index (χ3n) is 3.59. The number of hydrogen-bond donors (Lipinski definition) is 2. The fourth-order valence-electron chi connectivity index (χ4n) is 1.82. The molecular weight excluding hydrogens is 188 g/mol. The molecule has 1 unspecified atom stereocenters. The molecule has 0 saturated carbocycles. The van der Waals surface area contributed by atoms with Crippen LogP contribution in [0.25, 0.3) is 0 Å². The quantitative estimate of drug-likeness (QED) is 0.729. The summed E-state index contributed by atoms with van der Waals surface area (Å²) in [5.74, 6) is 0.